The van der Waals surface area contributed by atoms with E-state index in [-0.39, 0.29) is 0 Å². The van der Waals surface area contributed by atoms with Crippen molar-refractivity contribution in [1.29, 1.82) is 0 Å². The number of rotatable bonds is 2. The summed E-state index contributed by atoms with van der Waals surface area (Å²) in [6.07, 6.45) is 0. The summed E-state index contributed by atoms with van der Waals surface area (Å²) in [7, 11) is 2.19. The molecule has 2 unspecified atom stereocenters. The fourth-order valence-electron chi connectivity index (χ4n) is 2.75. The molecule has 21 heavy (non-hydrogen) atoms. The molecule has 5 nitrogen and oxygen atoms in total. The molecule has 2 aromatic rings. The standard InChI is InChI=1S/C14H21N5S2/c1-8-7-20-13(16-8)11-12(15)17-21-14(11)19-5-9(2)18(4)10(3)6-19/h7,9-10H,5-6H2,1-4H3,(H2,15,17). The Hall–Kier alpha value is -1.18. The van der Waals surface area contributed by atoms with Crippen LogP contribution in [-0.2, 0) is 0 Å². The van der Waals surface area contributed by atoms with Crippen LogP contribution in [0.1, 0.15) is 19.5 Å². The lowest BCUT2D eigenvalue weighted by Gasteiger charge is -2.43. The molecule has 2 aromatic heterocycles. The van der Waals surface area contributed by atoms with Gasteiger partial charge in [0.2, 0.25) is 0 Å². The third kappa shape index (κ3) is 2.65. The molecule has 3 rings (SSSR count). The number of nitrogens with zero attached hydrogens (tertiary/aromatic N) is 4. The Morgan fingerprint density at radius 2 is 1.95 bits per heavy atom. The van der Waals surface area contributed by atoms with E-state index in [9.17, 15) is 0 Å². The minimum atomic E-state index is 0.517. The zero-order valence-corrected chi connectivity index (χ0v) is 14.5. The first kappa shape index (κ1) is 14.7. The number of hydrogen-bond acceptors (Lipinski definition) is 7. The van der Waals surface area contributed by atoms with Crippen molar-refractivity contribution >= 4 is 33.7 Å². The predicted molar refractivity (Wildman–Crippen MR) is 91.3 cm³/mol. The van der Waals surface area contributed by atoms with E-state index < -0.39 is 0 Å². The summed E-state index contributed by atoms with van der Waals surface area (Å²) in [5, 5.41) is 4.20. The average Bonchev–Trinajstić information content (AvgIpc) is 3.01. The van der Waals surface area contributed by atoms with Gasteiger partial charge in [0.05, 0.1) is 5.56 Å². The first-order valence-electron chi connectivity index (χ1n) is 7.12. The Bertz CT molecular complexity index is 623. The molecule has 0 radical (unpaired) electrons. The zero-order valence-electron chi connectivity index (χ0n) is 12.8. The molecule has 3 heterocycles. The summed E-state index contributed by atoms with van der Waals surface area (Å²) in [6, 6.07) is 1.03. The highest BCUT2D eigenvalue weighted by molar-refractivity contribution is 7.15. The van der Waals surface area contributed by atoms with Gasteiger partial charge in [-0.1, -0.05) is 0 Å². The maximum atomic E-state index is 6.11. The second kappa shape index (κ2) is 5.55. The van der Waals surface area contributed by atoms with Crippen LogP contribution in [0.15, 0.2) is 5.38 Å². The molecule has 0 saturated carbocycles. The fourth-order valence-corrected chi connectivity index (χ4v) is 4.50. The molecule has 114 valence electrons. The Morgan fingerprint density at radius 3 is 2.52 bits per heavy atom. The van der Waals surface area contributed by atoms with E-state index in [1.54, 1.807) is 11.3 Å². The summed E-state index contributed by atoms with van der Waals surface area (Å²) in [5.74, 6) is 0.601. The number of nitrogens with two attached hydrogens (primary N) is 1. The Kier molecular flexibility index (Phi) is 3.90. The van der Waals surface area contributed by atoms with Crippen LogP contribution in [0, 0.1) is 6.92 Å². The number of nitrogen functional groups attached to an aromatic ring is 1. The smallest absolute Gasteiger partial charge is 0.149 e. The summed E-state index contributed by atoms with van der Waals surface area (Å²) in [6.45, 7) is 8.54. The van der Waals surface area contributed by atoms with Crippen molar-refractivity contribution in [2.75, 3.05) is 30.8 Å². The van der Waals surface area contributed by atoms with Gasteiger partial charge in [-0.05, 0) is 39.4 Å². The summed E-state index contributed by atoms with van der Waals surface area (Å²) in [4.78, 5) is 9.43. The van der Waals surface area contributed by atoms with E-state index in [1.807, 2.05) is 6.92 Å². The number of aromatic nitrogens is 2. The first-order valence-corrected chi connectivity index (χ1v) is 8.77. The molecule has 0 spiro atoms. The van der Waals surface area contributed by atoms with E-state index in [4.69, 9.17) is 5.73 Å². The van der Waals surface area contributed by atoms with Crippen molar-refractivity contribution in [3.05, 3.63) is 11.1 Å². The van der Waals surface area contributed by atoms with Gasteiger partial charge >= 0.3 is 0 Å². The van der Waals surface area contributed by atoms with Gasteiger partial charge in [-0.25, -0.2) is 4.98 Å². The van der Waals surface area contributed by atoms with E-state index in [2.05, 4.69) is 45.4 Å². The molecule has 1 aliphatic rings. The van der Waals surface area contributed by atoms with Crippen LogP contribution in [0.2, 0.25) is 0 Å². The number of likely N-dealkylation sites (N-methyl/N-ethyl adjacent to an activating group) is 1. The SMILES string of the molecule is Cc1csc(-c2c(N)nsc2N2CC(C)N(C)C(C)C2)n1. The third-order valence-electron chi connectivity index (χ3n) is 4.18. The number of hydrogen-bond donors (Lipinski definition) is 1. The Balaban J connectivity index is 1.97. The van der Waals surface area contributed by atoms with Crippen molar-refractivity contribution in [1.82, 2.24) is 14.3 Å². The van der Waals surface area contributed by atoms with Crippen LogP contribution in [0.5, 0.6) is 0 Å². The molecule has 1 saturated heterocycles. The van der Waals surface area contributed by atoms with Crippen molar-refractivity contribution in [3.63, 3.8) is 0 Å². The summed E-state index contributed by atoms with van der Waals surface area (Å²) in [5.41, 5.74) is 8.16. The molecule has 0 aliphatic carbocycles. The van der Waals surface area contributed by atoms with Gasteiger partial charge < -0.3 is 10.6 Å². The van der Waals surface area contributed by atoms with Gasteiger partial charge in [0.15, 0.2) is 0 Å². The minimum Gasteiger partial charge on any atom is -0.382 e. The van der Waals surface area contributed by atoms with Crippen molar-refractivity contribution < 1.29 is 0 Å². The van der Waals surface area contributed by atoms with Crippen LogP contribution < -0.4 is 10.6 Å². The van der Waals surface area contributed by atoms with Gasteiger partial charge in [0.25, 0.3) is 0 Å². The molecule has 2 N–H and O–H groups in total. The number of aryl methyl sites for hydroxylation is 1. The summed E-state index contributed by atoms with van der Waals surface area (Å²) < 4.78 is 4.38. The molecule has 2 atom stereocenters. The Labute approximate surface area is 133 Å². The van der Waals surface area contributed by atoms with E-state index in [0.29, 0.717) is 17.9 Å². The van der Waals surface area contributed by atoms with Gasteiger partial charge in [0.1, 0.15) is 15.8 Å². The molecule has 0 aromatic carbocycles. The lowest BCUT2D eigenvalue weighted by Crippen LogP contribution is -2.55. The third-order valence-corrected chi connectivity index (χ3v) is 6.08. The van der Waals surface area contributed by atoms with Crippen molar-refractivity contribution in [2.45, 2.75) is 32.9 Å². The lowest BCUT2D eigenvalue weighted by atomic mass is 10.1. The highest BCUT2D eigenvalue weighted by atomic mass is 32.1. The normalized spacial score (nSPS) is 23.7. The topological polar surface area (TPSA) is 58.3 Å². The first-order chi connectivity index (χ1) is 9.97. The van der Waals surface area contributed by atoms with Gasteiger partial charge in [-0.15, -0.1) is 11.3 Å². The Morgan fingerprint density at radius 1 is 1.29 bits per heavy atom. The lowest BCUT2D eigenvalue weighted by molar-refractivity contribution is 0.170. The van der Waals surface area contributed by atoms with E-state index in [1.165, 1.54) is 11.5 Å². The minimum absolute atomic E-state index is 0.517. The number of thiazole rings is 1. The van der Waals surface area contributed by atoms with Crippen LogP contribution in [-0.4, -0.2) is 46.5 Å². The second-order valence-electron chi connectivity index (χ2n) is 5.81. The van der Waals surface area contributed by atoms with E-state index >= 15 is 0 Å². The highest BCUT2D eigenvalue weighted by Gasteiger charge is 2.30. The van der Waals surface area contributed by atoms with Gasteiger partial charge in [-0.3, -0.25) is 4.90 Å². The number of anilines is 2. The number of piperazine rings is 1. The van der Waals surface area contributed by atoms with Crippen molar-refractivity contribution in [3.8, 4) is 10.6 Å². The van der Waals surface area contributed by atoms with Crippen LogP contribution in [0.3, 0.4) is 0 Å². The van der Waals surface area contributed by atoms with Crippen molar-refractivity contribution in [2.24, 2.45) is 0 Å². The molecular weight excluding hydrogens is 302 g/mol. The molecule has 1 aliphatic heterocycles. The molecule has 7 heteroatoms. The van der Waals surface area contributed by atoms with Gasteiger partial charge in [0, 0.05) is 36.2 Å². The largest absolute Gasteiger partial charge is 0.382 e. The molecule has 0 bridgehead atoms. The highest BCUT2D eigenvalue weighted by Crippen LogP contribution is 2.41. The molecule has 1 fully saturated rings. The van der Waals surface area contributed by atoms with Crippen LogP contribution in [0.4, 0.5) is 10.8 Å². The summed E-state index contributed by atoms with van der Waals surface area (Å²) >= 11 is 3.13. The van der Waals surface area contributed by atoms with Crippen LogP contribution >= 0.6 is 22.9 Å². The maximum Gasteiger partial charge on any atom is 0.149 e. The van der Waals surface area contributed by atoms with Crippen LogP contribution in [0.25, 0.3) is 10.6 Å². The molecular formula is C14H21N5S2. The predicted octanol–water partition coefficient (Wildman–Crippen LogP) is 2.69. The average molecular weight is 323 g/mol. The molecule has 0 amide bonds. The second-order valence-corrected chi connectivity index (χ2v) is 7.42. The van der Waals surface area contributed by atoms with Gasteiger partial charge in [-0.2, -0.15) is 4.37 Å². The fraction of sp³-hybridized carbons (Fsp3) is 0.571. The quantitative estimate of drug-likeness (QED) is 0.921. The zero-order chi connectivity index (χ0) is 15.1. The monoisotopic (exact) mass is 323 g/mol. The maximum absolute atomic E-state index is 6.11. The van der Waals surface area contributed by atoms with E-state index in [0.717, 1.165) is 34.4 Å².